The fourth-order valence-electron chi connectivity index (χ4n) is 2.25. The third-order valence-corrected chi connectivity index (χ3v) is 3.50. The molecule has 6 nitrogen and oxygen atoms in total. The predicted molar refractivity (Wildman–Crippen MR) is 112 cm³/mol. The van der Waals surface area contributed by atoms with Gasteiger partial charge in [-0.05, 0) is 31.9 Å². The number of aliphatic hydroxyl groups is 1. The van der Waals surface area contributed by atoms with Crippen molar-refractivity contribution in [3.8, 4) is 5.75 Å². The van der Waals surface area contributed by atoms with E-state index in [9.17, 15) is 14.7 Å². The number of para-hydroxylation sites is 1. The van der Waals surface area contributed by atoms with Crippen LogP contribution in [0.25, 0.3) is 0 Å². The molecule has 0 fully saturated rings. The van der Waals surface area contributed by atoms with Crippen LogP contribution in [-0.4, -0.2) is 99.5 Å². The van der Waals surface area contributed by atoms with Crippen LogP contribution in [0.1, 0.15) is 68.6 Å². The number of amides is 1. The van der Waals surface area contributed by atoms with E-state index < -0.39 is 5.97 Å². The maximum atomic E-state index is 11.8. The van der Waals surface area contributed by atoms with Gasteiger partial charge < -0.3 is 20.6 Å². The number of aromatic hydroxyl groups is 1. The van der Waals surface area contributed by atoms with E-state index in [0.717, 1.165) is 44.9 Å². The van der Waals surface area contributed by atoms with Crippen molar-refractivity contribution in [2.45, 2.75) is 58.3 Å². The fraction of sp³-hybridized carbons (Fsp3) is 0.579. The Morgan fingerprint density at radius 3 is 1.93 bits per heavy atom. The van der Waals surface area contributed by atoms with Crippen molar-refractivity contribution in [3.05, 3.63) is 29.8 Å². The zero-order chi connectivity index (χ0) is 18.9. The minimum absolute atomic E-state index is 0. The van der Waals surface area contributed by atoms with Gasteiger partial charge in [-0.2, -0.15) is 0 Å². The summed E-state index contributed by atoms with van der Waals surface area (Å²) in [5.41, 5.74) is 0.306. The summed E-state index contributed by atoms with van der Waals surface area (Å²) >= 11 is 0. The Bertz CT molecular complexity index is 501. The number of phenols is 1. The molecule has 0 aliphatic rings. The van der Waals surface area contributed by atoms with E-state index in [2.05, 4.69) is 5.32 Å². The summed E-state index contributed by atoms with van der Waals surface area (Å²) in [5, 5.41) is 28.4. The molecular weight excluding hydrogens is 368 g/mol. The van der Waals surface area contributed by atoms with Gasteiger partial charge in [-0.1, -0.05) is 44.2 Å². The number of carbonyl (C=O) groups is 2. The molecule has 0 saturated heterocycles. The third-order valence-electron chi connectivity index (χ3n) is 3.50. The number of aliphatic carboxylic acids is 1. The van der Waals surface area contributed by atoms with Crippen molar-refractivity contribution in [1.82, 2.24) is 5.32 Å². The number of benzene rings is 1. The van der Waals surface area contributed by atoms with Gasteiger partial charge in [0.05, 0.1) is 5.56 Å². The molecule has 0 atom stereocenters. The molecule has 0 spiro atoms. The van der Waals surface area contributed by atoms with Crippen LogP contribution in [0.15, 0.2) is 24.3 Å². The molecule has 0 radical (unpaired) electrons. The summed E-state index contributed by atoms with van der Waals surface area (Å²) < 4.78 is 0. The molecule has 0 aromatic heterocycles. The van der Waals surface area contributed by atoms with E-state index in [1.165, 1.54) is 6.07 Å². The van der Waals surface area contributed by atoms with Crippen LogP contribution in [0.4, 0.5) is 0 Å². The maximum absolute atomic E-state index is 11.8. The molecule has 0 heterocycles. The molecule has 0 bridgehead atoms. The van der Waals surface area contributed by atoms with Gasteiger partial charge in [0.25, 0.3) is 5.91 Å². The average molecular weight is 401 g/mol. The topological polar surface area (TPSA) is 107 Å². The van der Waals surface area contributed by atoms with Crippen molar-refractivity contribution in [2.24, 2.45) is 0 Å². The SMILES string of the molecule is CCO.O=C(O)CCCCCCCCCNC(=O)c1ccccc1O.[NaH].[NaH]. The van der Waals surface area contributed by atoms with E-state index in [1.807, 2.05) is 0 Å². The monoisotopic (exact) mass is 401 g/mol. The van der Waals surface area contributed by atoms with E-state index in [0.29, 0.717) is 12.1 Å². The number of rotatable bonds is 11. The Morgan fingerprint density at radius 2 is 1.41 bits per heavy atom. The first-order chi connectivity index (χ1) is 12.0. The second-order valence-electron chi connectivity index (χ2n) is 5.71. The molecular formula is C19H33NNa2O5. The molecule has 27 heavy (non-hydrogen) atoms. The number of carboxylic acid groups (broad SMARTS) is 1. The molecule has 1 amide bonds. The first-order valence-corrected chi connectivity index (χ1v) is 8.91. The molecule has 0 aliphatic carbocycles. The molecule has 0 saturated carbocycles. The van der Waals surface area contributed by atoms with Gasteiger partial charge in [-0.15, -0.1) is 0 Å². The van der Waals surface area contributed by atoms with Crippen LogP contribution >= 0.6 is 0 Å². The van der Waals surface area contributed by atoms with Crippen LogP contribution in [0.2, 0.25) is 0 Å². The van der Waals surface area contributed by atoms with Gasteiger partial charge in [0.1, 0.15) is 5.75 Å². The number of unbranched alkanes of at least 4 members (excludes halogenated alkanes) is 6. The minimum atomic E-state index is -0.722. The second-order valence-corrected chi connectivity index (χ2v) is 5.71. The Morgan fingerprint density at radius 1 is 0.926 bits per heavy atom. The summed E-state index contributed by atoms with van der Waals surface area (Å²) in [4.78, 5) is 22.1. The molecule has 1 aromatic rings. The summed E-state index contributed by atoms with van der Waals surface area (Å²) in [6, 6.07) is 6.50. The second kappa shape index (κ2) is 22.2. The predicted octanol–water partition coefficient (Wildman–Crippen LogP) is 2.03. The summed E-state index contributed by atoms with van der Waals surface area (Å²) in [6.45, 7) is 2.53. The third kappa shape index (κ3) is 19.0. The molecule has 1 aromatic carbocycles. The molecule has 1 rings (SSSR count). The van der Waals surface area contributed by atoms with Crippen molar-refractivity contribution in [2.75, 3.05) is 13.2 Å². The number of hydrogen-bond donors (Lipinski definition) is 4. The zero-order valence-corrected chi connectivity index (χ0v) is 15.0. The van der Waals surface area contributed by atoms with Gasteiger partial charge in [0.15, 0.2) is 0 Å². The Hall–Kier alpha value is -0.0800. The van der Waals surface area contributed by atoms with Crippen molar-refractivity contribution in [3.63, 3.8) is 0 Å². The summed E-state index contributed by atoms with van der Waals surface area (Å²) in [7, 11) is 0. The molecule has 4 N–H and O–H groups in total. The van der Waals surface area contributed by atoms with E-state index in [4.69, 9.17) is 10.2 Å². The van der Waals surface area contributed by atoms with Crippen LogP contribution in [0.3, 0.4) is 0 Å². The number of carboxylic acids is 1. The Labute approximate surface area is 206 Å². The number of carbonyl (C=O) groups excluding carboxylic acids is 1. The van der Waals surface area contributed by atoms with Crippen molar-refractivity contribution in [1.29, 1.82) is 0 Å². The first-order valence-electron chi connectivity index (χ1n) is 8.91. The van der Waals surface area contributed by atoms with Crippen LogP contribution < -0.4 is 5.32 Å². The first kappa shape index (κ1) is 31.6. The summed E-state index contributed by atoms with van der Waals surface area (Å²) in [6.07, 6.45) is 7.21. The zero-order valence-electron chi connectivity index (χ0n) is 15.0. The molecule has 0 unspecified atom stereocenters. The van der Waals surface area contributed by atoms with E-state index >= 15 is 0 Å². The number of aliphatic hydroxyl groups excluding tert-OH is 1. The van der Waals surface area contributed by atoms with Crippen molar-refractivity contribution < 1.29 is 24.9 Å². The van der Waals surface area contributed by atoms with Crippen LogP contribution in [-0.2, 0) is 4.79 Å². The molecule has 8 heteroatoms. The normalized spacial score (nSPS) is 9.11. The molecule has 0 aliphatic heterocycles. The Kier molecular flexibility index (Phi) is 26.0. The van der Waals surface area contributed by atoms with Gasteiger partial charge >= 0.3 is 65.1 Å². The number of hydrogen-bond acceptors (Lipinski definition) is 4. The number of phenolic OH excluding ortho intramolecular Hbond substituents is 1. The average Bonchev–Trinajstić information content (AvgIpc) is 2.57. The standard InChI is InChI=1S/C17H25NO4.C2H6O.2Na.2H/c19-15-11-8-7-10-14(15)17(22)18-13-9-5-3-1-2-4-6-12-16(20)21;1-2-3;;;;/h7-8,10-11,19H,1-6,9,12-13H2,(H,18,22)(H,20,21);3H,2H2,1H3;;;;. The Balaban J connectivity index is -0.00000108. The van der Waals surface area contributed by atoms with Gasteiger partial charge in [0.2, 0.25) is 0 Å². The van der Waals surface area contributed by atoms with Gasteiger partial charge in [-0.25, -0.2) is 0 Å². The van der Waals surface area contributed by atoms with Crippen LogP contribution in [0, 0.1) is 0 Å². The van der Waals surface area contributed by atoms with Crippen molar-refractivity contribution >= 4 is 71.0 Å². The van der Waals surface area contributed by atoms with Gasteiger partial charge in [0, 0.05) is 19.6 Å². The van der Waals surface area contributed by atoms with E-state index in [1.54, 1.807) is 25.1 Å². The van der Waals surface area contributed by atoms with Gasteiger partial charge in [-0.3, -0.25) is 9.59 Å². The molecule has 146 valence electrons. The fourth-order valence-corrected chi connectivity index (χ4v) is 2.25. The van der Waals surface area contributed by atoms with E-state index in [-0.39, 0.29) is 83.8 Å². The van der Waals surface area contributed by atoms with Crippen LogP contribution in [0.5, 0.6) is 5.75 Å². The quantitative estimate of drug-likeness (QED) is 0.335. The summed E-state index contributed by atoms with van der Waals surface area (Å²) in [5.74, 6) is -0.965. The number of nitrogens with one attached hydrogen (secondary N) is 1.